The second kappa shape index (κ2) is 10.3. The zero-order valence-electron chi connectivity index (χ0n) is 15.0. The first-order valence-electron chi connectivity index (χ1n) is 8.17. The van der Waals surface area contributed by atoms with Gasteiger partial charge in [0.25, 0.3) is 0 Å². The number of esters is 2. The Hall–Kier alpha value is -3.48. The molecule has 0 radical (unpaired) electrons. The zero-order chi connectivity index (χ0) is 22.3. The third kappa shape index (κ3) is 6.01. The highest BCUT2D eigenvalue weighted by Crippen LogP contribution is 2.58. The van der Waals surface area contributed by atoms with Crippen LogP contribution in [0.15, 0.2) is 31.7 Å². The van der Waals surface area contributed by atoms with Crippen molar-refractivity contribution in [2.75, 3.05) is 0 Å². The van der Waals surface area contributed by atoms with E-state index in [0.29, 0.717) is 9.79 Å². The van der Waals surface area contributed by atoms with E-state index in [1.54, 1.807) is 12.1 Å². The molecule has 1 heterocycles. The van der Waals surface area contributed by atoms with Crippen LogP contribution in [0.2, 0.25) is 0 Å². The van der Waals surface area contributed by atoms with Gasteiger partial charge in [0.05, 0.1) is 39.7 Å². The lowest BCUT2D eigenvalue weighted by Gasteiger charge is -2.11. The van der Waals surface area contributed by atoms with Gasteiger partial charge in [-0.05, 0) is 12.1 Å². The van der Waals surface area contributed by atoms with Gasteiger partial charge in [-0.15, -0.1) is 0 Å². The number of aliphatic carboxylic acids is 2. The Morgan fingerprint density at radius 1 is 0.800 bits per heavy atom. The molecule has 154 valence electrons. The molecule has 12 heteroatoms. The van der Waals surface area contributed by atoms with Crippen LogP contribution < -0.4 is 9.47 Å². The lowest BCUT2D eigenvalue weighted by atomic mass is 10.3. The van der Waals surface area contributed by atoms with Crippen molar-refractivity contribution >= 4 is 47.4 Å². The maximum Gasteiger partial charge on any atom is 0.311 e. The monoisotopic (exact) mass is 448 g/mol. The average Bonchev–Trinajstić information content (AvgIpc) is 3.13. The number of nitrogens with zero attached hydrogens (tertiary/aromatic N) is 2. The molecule has 2 N–H and O–H groups in total. The van der Waals surface area contributed by atoms with Gasteiger partial charge in [-0.1, -0.05) is 23.5 Å². The second-order valence-electron chi connectivity index (χ2n) is 5.55. The molecule has 1 aliphatic heterocycles. The lowest BCUT2D eigenvalue weighted by molar-refractivity contribution is -0.142. The number of carboxylic acids is 2. The van der Waals surface area contributed by atoms with Crippen LogP contribution in [0.5, 0.6) is 11.5 Å². The number of rotatable bonds is 8. The highest BCUT2D eigenvalue weighted by atomic mass is 32.2. The van der Waals surface area contributed by atoms with E-state index in [2.05, 4.69) is 0 Å². The molecule has 0 aliphatic carbocycles. The summed E-state index contributed by atoms with van der Waals surface area (Å²) in [6.45, 7) is 0. The Balaban J connectivity index is 2.33. The highest BCUT2D eigenvalue weighted by molar-refractivity contribution is 8.24. The van der Waals surface area contributed by atoms with E-state index in [1.807, 2.05) is 0 Å². The first-order chi connectivity index (χ1) is 14.2. The topological polar surface area (TPSA) is 175 Å². The molecule has 0 amide bonds. The van der Waals surface area contributed by atoms with Gasteiger partial charge in [-0.2, -0.15) is 10.5 Å². The van der Waals surface area contributed by atoms with Gasteiger partial charge in [0.1, 0.15) is 29.2 Å². The van der Waals surface area contributed by atoms with Crippen LogP contribution in [-0.2, 0) is 19.2 Å². The number of hydrogen-bond donors (Lipinski definition) is 2. The molecule has 1 aromatic rings. The van der Waals surface area contributed by atoms with Gasteiger partial charge in [0.15, 0.2) is 0 Å². The predicted octanol–water partition coefficient (Wildman–Crippen LogP) is 2.68. The fraction of sp³-hybridized carbons (Fsp3) is 0.222. The molecule has 2 rings (SSSR count). The minimum atomic E-state index is -1.16. The summed E-state index contributed by atoms with van der Waals surface area (Å²) in [4.78, 5) is 45.6. The van der Waals surface area contributed by atoms with Crippen molar-refractivity contribution in [3.05, 3.63) is 21.9 Å². The number of hydrogen-bond acceptors (Lipinski definition) is 10. The Labute approximate surface area is 178 Å². The third-order valence-electron chi connectivity index (χ3n) is 3.39. The number of thioether (sulfide) groups is 2. The summed E-state index contributed by atoms with van der Waals surface area (Å²) in [5.74, 6) is -3.82. The average molecular weight is 448 g/mol. The Kier molecular flexibility index (Phi) is 7.86. The molecule has 0 fully saturated rings. The Bertz CT molecular complexity index is 957. The van der Waals surface area contributed by atoms with Crippen molar-refractivity contribution in [1.82, 2.24) is 0 Å². The first kappa shape index (κ1) is 22.8. The van der Waals surface area contributed by atoms with E-state index >= 15 is 0 Å². The molecule has 0 saturated heterocycles. The first-order valence-corrected chi connectivity index (χ1v) is 9.80. The van der Waals surface area contributed by atoms with Crippen molar-refractivity contribution in [1.29, 1.82) is 10.5 Å². The molecular formula is C18H12N2O8S2. The number of fused-ring (bicyclic) bond motifs is 1. The van der Waals surface area contributed by atoms with E-state index in [4.69, 9.17) is 30.2 Å². The molecule has 0 unspecified atom stereocenters. The summed E-state index contributed by atoms with van der Waals surface area (Å²) < 4.78 is 10.7. The molecule has 1 aromatic carbocycles. The largest absolute Gasteiger partial charge is 0.481 e. The van der Waals surface area contributed by atoms with E-state index in [0.717, 1.165) is 23.5 Å². The molecule has 0 saturated carbocycles. The van der Waals surface area contributed by atoms with Gasteiger partial charge >= 0.3 is 23.9 Å². The van der Waals surface area contributed by atoms with Gasteiger partial charge in [-0.3, -0.25) is 19.2 Å². The second-order valence-corrected chi connectivity index (χ2v) is 7.85. The predicted molar refractivity (Wildman–Crippen MR) is 101 cm³/mol. The third-order valence-corrected chi connectivity index (χ3v) is 6.02. The van der Waals surface area contributed by atoms with Crippen LogP contribution in [0.25, 0.3) is 0 Å². The molecule has 1 aliphatic rings. The molecule has 0 spiro atoms. The highest BCUT2D eigenvalue weighted by Gasteiger charge is 2.30. The summed E-state index contributed by atoms with van der Waals surface area (Å²) in [6.07, 6.45) is -1.56. The maximum atomic E-state index is 11.9. The Morgan fingerprint density at radius 2 is 1.20 bits per heavy atom. The fourth-order valence-corrected chi connectivity index (χ4v) is 4.55. The van der Waals surface area contributed by atoms with Crippen molar-refractivity contribution in [3.63, 3.8) is 0 Å². The number of benzene rings is 1. The minimum Gasteiger partial charge on any atom is -0.481 e. The summed E-state index contributed by atoms with van der Waals surface area (Å²) in [5.41, 5.74) is -0.187. The minimum absolute atomic E-state index is 0.0495. The summed E-state index contributed by atoms with van der Waals surface area (Å²) in [7, 11) is 0. The van der Waals surface area contributed by atoms with E-state index < -0.39 is 36.7 Å². The van der Waals surface area contributed by atoms with Crippen molar-refractivity contribution in [2.24, 2.45) is 0 Å². The van der Waals surface area contributed by atoms with Gasteiger partial charge in [0.2, 0.25) is 0 Å². The Morgan fingerprint density at radius 3 is 1.53 bits per heavy atom. The number of carbonyl (C=O) groups excluding carboxylic acids is 2. The zero-order valence-corrected chi connectivity index (χ0v) is 16.7. The summed E-state index contributed by atoms with van der Waals surface area (Å²) in [6, 6.07) is 6.14. The molecular weight excluding hydrogens is 436 g/mol. The molecule has 30 heavy (non-hydrogen) atoms. The summed E-state index contributed by atoms with van der Waals surface area (Å²) >= 11 is 1.93. The molecule has 0 bridgehead atoms. The number of nitriles is 2. The van der Waals surface area contributed by atoms with Crippen molar-refractivity contribution < 1.29 is 38.9 Å². The normalized spacial score (nSPS) is 11.6. The van der Waals surface area contributed by atoms with E-state index in [9.17, 15) is 19.2 Å². The molecule has 10 nitrogen and oxygen atoms in total. The van der Waals surface area contributed by atoms with Gasteiger partial charge < -0.3 is 19.7 Å². The van der Waals surface area contributed by atoms with Crippen LogP contribution in [-0.4, -0.2) is 34.1 Å². The van der Waals surface area contributed by atoms with Crippen LogP contribution in [0, 0.1) is 22.7 Å². The van der Waals surface area contributed by atoms with Crippen LogP contribution in [0.1, 0.15) is 25.7 Å². The van der Waals surface area contributed by atoms with E-state index in [1.165, 1.54) is 12.1 Å². The van der Waals surface area contributed by atoms with Gasteiger partial charge in [-0.25, -0.2) is 0 Å². The number of ether oxygens (including phenoxy) is 2. The number of carboxylic acid groups (broad SMARTS) is 2. The maximum absolute atomic E-state index is 11.9. The van der Waals surface area contributed by atoms with Crippen molar-refractivity contribution in [2.45, 2.75) is 35.5 Å². The summed E-state index contributed by atoms with van der Waals surface area (Å²) in [5, 5.41) is 35.5. The standard InChI is InChI=1S/C18H12N2O8S2/c19-7-9(8-20)18-29-16-10(27-14(25)5-3-12(21)22)1-2-11(17(16)30-18)28-15(26)6-4-13(23)24/h1-2H,3-6H2,(H,21,22)(H,23,24). The van der Waals surface area contributed by atoms with Gasteiger partial charge in [0, 0.05) is 0 Å². The van der Waals surface area contributed by atoms with Crippen molar-refractivity contribution in [3.8, 4) is 23.6 Å². The number of carbonyl (C=O) groups is 4. The lowest BCUT2D eigenvalue weighted by Crippen LogP contribution is -2.12. The SMILES string of the molecule is N#CC(C#N)=C1Sc2c(OC(=O)CCC(=O)O)ccc(OC(=O)CCC(=O)O)c2S1. The number of allylic oxidation sites excluding steroid dienone is 1. The molecule has 0 aromatic heterocycles. The quantitative estimate of drug-likeness (QED) is 0.338. The van der Waals surface area contributed by atoms with Crippen LogP contribution in [0.4, 0.5) is 0 Å². The fourth-order valence-electron chi connectivity index (χ4n) is 2.07. The molecule has 0 atom stereocenters. The van der Waals surface area contributed by atoms with Crippen LogP contribution >= 0.6 is 23.5 Å². The van der Waals surface area contributed by atoms with Crippen LogP contribution in [0.3, 0.4) is 0 Å². The smallest absolute Gasteiger partial charge is 0.311 e. The van der Waals surface area contributed by atoms with E-state index in [-0.39, 0.29) is 34.2 Å².